The molecule has 1 aromatic heterocycles. The van der Waals surface area contributed by atoms with Crippen molar-refractivity contribution in [2.24, 2.45) is 0 Å². The fourth-order valence-electron chi connectivity index (χ4n) is 1.09. The number of hydrogen-bond acceptors (Lipinski definition) is 3. The molecule has 3 nitrogen and oxygen atoms in total. The predicted molar refractivity (Wildman–Crippen MR) is 70.8 cm³/mol. The van der Waals surface area contributed by atoms with Crippen LogP contribution in [0.5, 0.6) is 0 Å². The topological polar surface area (TPSA) is 28.2 Å². The van der Waals surface area contributed by atoms with Crippen molar-refractivity contribution in [2.45, 2.75) is 6.42 Å². The van der Waals surface area contributed by atoms with Crippen LogP contribution in [0, 0.1) is 0 Å². The minimum atomic E-state index is 0. The highest BCUT2D eigenvalue weighted by atomic mass is 79.9. The van der Waals surface area contributed by atoms with E-state index in [-0.39, 0.29) is 12.4 Å². The standard InChI is InChI=1S/C10H16BrN3.ClH/c1-14(2)7-3-6-12-10-5-4-9(11)8-13-10;/h4-5,8H,3,6-7H2,1-2H3,(H,12,13);1H. The van der Waals surface area contributed by atoms with Crippen LogP contribution in [0.15, 0.2) is 22.8 Å². The van der Waals surface area contributed by atoms with Crippen molar-refractivity contribution in [1.82, 2.24) is 9.88 Å². The zero-order valence-electron chi connectivity index (χ0n) is 9.03. The molecule has 0 unspecified atom stereocenters. The molecular weight excluding hydrogens is 277 g/mol. The van der Waals surface area contributed by atoms with Gasteiger partial charge in [0.05, 0.1) is 0 Å². The quantitative estimate of drug-likeness (QED) is 0.846. The Morgan fingerprint density at radius 3 is 2.67 bits per heavy atom. The van der Waals surface area contributed by atoms with E-state index < -0.39 is 0 Å². The van der Waals surface area contributed by atoms with Gasteiger partial charge in [-0.2, -0.15) is 0 Å². The molecule has 1 aromatic rings. The van der Waals surface area contributed by atoms with Crippen LogP contribution in [-0.4, -0.2) is 37.1 Å². The molecule has 0 bridgehead atoms. The Morgan fingerprint density at radius 1 is 1.40 bits per heavy atom. The molecule has 0 amide bonds. The number of hydrogen-bond donors (Lipinski definition) is 1. The van der Waals surface area contributed by atoms with Gasteiger partial charge in [-0.25, -0.2) is 4.98 Å². The highest BCUT2D eigenvalue weighted by Crippen LogP contribution is 2.10. The molecule has 1 rings (SSSR count). The third-order valence-electron chi connectivity index (χ3n) is 1.82. The normalized spacial score (nSPS) is 9.87. The van der Waals surface area contributed by atoms with Gasteiger partial charge in [0.25, 0.3) is 0 Å². The van der Waals surface area contributed by atoms with Gasteiger partial charge in [-0.15, -0.1) is 12.4 Å². The number of nitrogens with one attached hydrogen (secondary N) is 1. The Balaban J connectivity index is 0.00000196. The van der Waals surface area contributed by atoms with E-state index in [0.717, 1.165) is 29.8 Å². The molecule has 0 saturated heterocycles. The van der Waals surface area contributed by atoms with Gasteiger partial charge in [0.15, 0.2) is 0 Å². The van der Waals surface area contributed by atoms with Gasteiger partial charge in [-0.05, 0) is 55.1 Å². The zero-order chi connectivity index (χ0) is 10.4. The highest BCUT2D eigenvalue weighted by Gasteiger charge is 1.93. The smallest absolute Gasteiger partial charge is 0.125 e. The molecule has 1 N–H and O–H groups in total. The summed E-state index contributed by atoms with van der Waals surface area (Å²) < 4.78 is 1.01. The first-order chi connectivity index (χ1) is 6.68. The van der Waals surface area contributed by atoms with E-state index in [9.17, 15) is 0 Å². The molecule has 0 atom stereocenters. The molecule has 0 saturated carbocycles. The van der Waals surface area contributed by atoms with Gasteiger partial charge in [0, 0.05) is 17.2 Å². The van der Waals surface area contributed by atoms with E-state index in [1.807, 2.05) is 12.1 Å². The second-order valence-electron chi connectivity index (χ2n) is 3.45. The Labute approximate surface area is 106 Å². The van der Waals surface area contributed by atoms with E-state index in [1.165, 1.54) is 0 Å². The lowest BCUT2D eigenvalue weighted by Crippen LogP contribution is -2.16. The van der Waals surface area contributed by atoms with Gasteiger partial charge in [0.1, 0.15) is 5.82 Å². The lowest BCUT2D eigenvalue weighted by Gasteiger charge is -2.09. The van der Waals surface area contributed by atoms with Crippen molar-refractivity contribution < 1.29 is 0 Å². The molecule has 0 aliphatic rings. The molecule has 0 aromatic carbocycles. The van der Waals surface area contributed by atoms with Gasteiger partial charge in [-0.3, -0.25) is 0 Å². The molecule has 5 heteroatoms. The molecule has 0 fully saturated rings. The summed E-state index contributed by atoms with van der Waals surface area (Å²) in [6, 6.07) is 3.96. The molecule has 1 heterocycles. The van der Waals surface area contributed by atoms with Crippen molar-refractivity contribution >= 4 is 34.2 Å². The number of pyridine rings is 1. The maximum atomic E-state index is 4.22. The van der Waals surface area contributed by atoms with Crippen LogP contribution in [0.4, 0.5) is 5.82 Å². The second kappa shape index (κ2) is 7.91. The van der Waals surface area contributed by atoms with Crippen molar-refractivity contribution in [3.8, 4) is 0 Å². The number of rotatable bonds is 5. The molecule has 86 valence electrons. The number of nitrogens with zero attached hydrogens (tertiary/aromatic N) is 2. The van der Waals surface area contributed by atoms with E-state index in [2.05, 4.69) is 45.2 Å². The second-order valence-corrected chi connectivity index (χ2v) is 4.36. The van der Waals surface area contributed by atoms with Gasteiger partial charge in [0.2, 0.25) is 0 Å². The van der Waals surface area contributed by atoms with Gasteiger partial charge in [-0.1, -0.05) is 0 Å². The van der Waals surface area contributed by atoms with Crippen LogP contribution in [0.2, 0.25) is 0 Å². The van der Waals surface area contributed by atoms with Crippen molar-refractivity contribution in [2.75, 3.05) is 32.5 Å². The van der Waals surface area contributed by atoms with Crippen LogP contribution >= 0.6 is 28.3 Å². The predicted octanol–water partition coefficient (Wildman–Crippen LogP) is 2.63. The summed E-state index contributed by atoms with van der Waals surface area (Å²) in [5.74, 6) is 0.937. The monoisotopic (exact) mass is 293 g/mol. The highest BCUT2D eigenvalue weighted by molar-refractivity contribution is 9.10. The third kappa shape index (κ3) is 6.71. The first kappa shape index (κ1) is 14.7. The summed E-state index contributed by atoms with van der Waals surface area (Å²) in [7, 11) is 4.16. The van der Waals surface area contributed by atoms with Crippen LogP contribution in [-0.2, 0) is 0 Å². The molecule has 0 aliphatic heterocycles. The number of halogens is 2. The van der Waals surface area contributed by atoms with Crippen molar-refractivity contribution in [1.29, 1.82) is 0 Å². The number of anilines is 1. The van der Waals surface area contributed by atoms with Crippen LogP contribution in [0.3, 0.4) is 0 Å². The van der Waals surface area contributed by atoms with E-state index in [1.54, 1.807) is 6.20 Å². The molecule has 0 aliphatic carbocycles. The summed E-state index contributed by atoms with van der Waals surface area (Å²) in [6.07, 6.45) is 2.93. The fourth-order valence-corrected chi connectivity index (χ4v) is 1.33. The maximum Gasteiger partial charge on any atom is 0.125 e. The molecular formula is C10H17BrClN3. The van der Waals surface area contributed by atoms with Crippen LogP contribution in [0.25, 0.3) is 0 Å². The summed E-state index contributed by atoms with van der Waals surface area (Å²) in [6.45, 7) is 2.07. The summed E-state index contributed by atoms with van der Waals surface area (Å²) in [5, 5.41) is 3.27. The molecule has 0 radical (unpaired) electrons. The fraction of sp³-hybridized carbons (Fsp3) is 0.500. The number of aromatic nitrogens is 1. The van der Waals surface area contributed by atoms with Crippen molar-refractivity contribution in [3.05, 3.63) is 22.8 Å². The SMILES string of the molecule is CN(C)CCCNc1ccc(Br)cn1.Cl. The Morgan fingerprint density at radius 2 is 2.13 bits per heavy atom. The minimum absolute atomic E-state index is 0. The summed E-state index contributed by atoms with van der Waals surface area (Å²) >= 11 is 3.35. The third-order valence-corrected chi connectivity index (χ3v) is 2.28. The minimum Gasteiger partial charge on any atom is -0.370 e. The molecule has 0 spiro atoms. The van der Waals surface area contributed by atoms with Crippen molar-refractivity contribution in [3.63, 3.8) is 0 Å². The Kier molecular flexibility index (Phi) is 7.74. The summed E-state index contributed by atoms with van der Waals surface area (Å²) in [5.41, 5.74) is 0. The Hall–Kier alpha value is -0.320. The van der Waals surface area contributed by atoms with E-state index in [4.69, 9.17) is 0 Å². The maximum absolute atomic E-state index is 4.22. The van der Waals surface area contributed by atoms with E-state index >= 15 is 0 Å². The Bertz CT molecular complexity index is 264. The van der Waals surface area contributed by atoms with Crippen LogP contribution < -0.4 is 5.32 Å². The zero-order valence-corrected chi connectivity index (χ0v) is 11.4. The largest absolute Gasteiger partial charge is 0.370 e. The van der Waals surface area contributed by atoms with Crippen LogP contribution in [0.1, 0.15) is 6.42 Å². The molecule has 15 heavy (non-hydrogen) atoms. The van der Waals surface area contributed by atoms with E-state index in [0.29, 0.717) is 0 Å². The van der Waals surface area contributed by atoms with Gasteiger partial charge >= 0.3 is 0 Å². The lowest BCUT2D eigenvalue weighted by molar-refractivity contribution is 0.405. The average Bonchev–Trinajstić information content (AvgIpc) is 2.15. The first-order valence-electron chi connectivity index (χ1n) is 4.68. The summed E-state index contributed by atoms with van der Waals surface area (Å²) in [4.78, 5) is 6.40. The lowest BCUT2D eigenvalue weighted by atomic mass is 10.4. The first-order valence-corrected chi connectivity index (χ1v) is 5.48. The van der Waals surface area contributed by atoms with Gasteiger partial charge < -0.3 is 10.2 Å². The average molecular weight is 295 g/mol.